The first-order valence-corrected chi connectivity index (χ1v) is 10.4. The van der Waals surface area contributed by atoms with E-state index >= 15 is 0 Å². The van der Waals surface area contributed by atoms with Crippen LogP contribution >= 0.6 is 22.9 Å². The van der Waals surface area contributed by atoms with Crippen molar-refractivity contribution in [2.75, 3.05) is 5.32 Å². The third-order valence-corrected chi connectivity index (χ3v) is 5.97. The molecule has 1 aromatic heterocycles. The number of anilines is 1. The second-order valence-electron chi connectivity index (χ2n) is 6.96. The van der Waals surface area contributed by atoms with E-state index in [1.54, 1.807) is 24.5 Å². The van der Waals surface area contributed by atoms with Gasteiger partial charge in [0.25, 0.3) is 0 Å². The number of carboxylic acid groups (broad SMARTS) is 1. The molecule has 0 saturated carbocycles. The number of benzene rings is 1. The predicted octanol–water partition coefficient (Wildman–Crippen LogP) is 5.74. The van der Waals surface area contributed by atoms with Crippen molar-refractivity contribution in [2.45, 2.75) is 33.1 Å². The summed E-state index contributed by atoms with van der Waals surface area (Å²) in [4.78, 5) is 24.7. The molecule has 2 aromatic rings. The Morgan fingerprint density at radius 1 is 1.21 bits per heavy atom. The predicted molar refractivity (Wildman–Crippen MR) is 115 cm³/mol. The van der Waals surface area contributed by atoms with E-state index < -0.39 is 5.97 Å². The number of fused-ring (bicyclic) bond motifs is 1. The number of aromatic carboxylic acids is 1. The van der Waals surface area contributed by atoms with Gasteiger partial charge in [-0.15, -0.1) is 11.3 Å². The van der Waals surface area contributed by atoms with Gasteiger partial charge in [0, 0.05) is 21.9 Å². The number of allylic oxidation sites excluding steroid dienone is 4. The molecule has 1 atom stereocenters. The minimum atomic E-state index is -1.06. The van der Waals surface area contributed by atoms with Crippen LogP contribution in [0.1, 0.15) is 47.3 Å². The van der Waals surface area contributed by atoms with Crippen molar-refractivity contribution in [2.24, 2.45) is 5.92 Å². The SMILES string of the molecule is C/C(Cl)=C\C=C(/C)c1csc(NC(=O)C2CCc3ccccc3C2)c1C(=O)O. The topological polar surface area (TPSA) is 66.4 Å². The van der Waals surface area contributed by atoms with E-state index in [0.29, 0.717) is 22.0 Å². The summed E-state index contributed by atoms with van der Waals surface area (Å²) in [6.07, 6.45) is 5.81. The van der Waals surface area contributed by atoms with Gasteiger partial charge in [-0.3, -0.25) is 4.79 Å². The Morgan fingerprint density at radius 2 is 1.93 bits per heavy atom. The number of hydrogen-bond donors (Lipinski definition) is 2. The minimum absolute atomic E-state index is 0.122. The quantitative estimate of drug-likeness (QED) is 0.612. The van der Waals surface area contributed by atoms with Crippen molar-refractivity contribution >= 4 is 45.4 Å². The molecule has 28 heavy (non-hydrogen) atoms. The maximum absolute atomic E-state index is 12.8. The fraction of sp³-hybridized carbons (Fsp3) is 0.273. The van der Waals surface area contributed by atoms with Crippen molar-refractivity contribution in [3.8, 4) is 0 Å². The molecule has 4 nitrogen and oxygen atoms in total. The van der Waals surface area contributed by atoms with Crippen LogP contribution in [0.25, 0.3) is 5.57 Å². The molecule has 146 valence electrons. The van der Waals surface area contributed by atoms with Gasteiger partial charge in [-0.25, -0.2) is 4.79 Å². The van der Waals surface area contributed by atoms with Crippen molar-refractivity contribution in [3.63, 3.8) is 0 Å². The number of carboxylic acids is 1. The summed E-state index contributed by atoms with van der Waals surface area (Å²) in [5.41, 5.74) is 3.99. The average Bonchev–Trinajstić information content (AvgIpc) is 3.09. The Bertz CT molecular complexity index is 970. The molecule has 0 bridgehead atoms. The molecule has 0 spiro atoms. The highest BCUT2D eigenvalue weighted by molar-refractivity contribution is 7.15. The lowest BCUT2D eigenvalue weighted by Crippen LogP contribution is -2.28. The van der Waals surface area contributed by atoms with E-state index in [2.05, 4.69) is 17.4 Å². The molecule has 1 amide bonds. The Labute approximate surface area is 173 Å². The Morgan fingerprint density at radius 3 is 2.61 bits per heavy atom. The maximum atomic E-state index is 12.8. The third-order valence-electron chi connectivity index (χ3n) is 4.95. The molecule has 2 N–H and O–H groups in total. The Hall–Kier alpha value is -2.37. The van der Waals surface area contributed by atoms with Crippen LogP contribution in [0.15, 0.2) is 46.8 Å². The Kier molecular flexibility index (Phi) is 6.37. The van der Waals surface area contributed by atoms with Crippen LogP contribution < -0.4 is 5.32 Å². The molecule has 1 aromatic carbocycles. The fourth-order valence-electron chi connectivity index (χ4n) is 3.42. The smallest absolute Gasteiger partial charge is 0.339 e. The molecular weight excluding hydrogens is 394 g/mol. The summed E-state index contributed by atoms with van der Waals surface area (Å²) in [5, 5.41) is 15.3. The zero-order chi connectivity index (χ0) is 20.3. The summed E-state index contributed by atoms with van der Waals surface area (Å²) in [5.74, 6) is -1.33. The van der Waals surface area contributed by atoms with Crippen molar-refractivity contribution in [3.05, 3.63) is 69.1 Å². The molecule has 1 aliphatic carbocycles. The summed E-state index contributed by atoms with van der Waals surface area (Å²) >= 11 is 7.09. The standard InChI is InChI=1S/C22H22ClNO3S/c1-13(7-8-14(2)23)18-12-28-21(19(18)22(26)27)24-20(25)17-10-9-15-5-3-4-6-16(15)11-17/h3-8,12,17H,9-11H2,1-2H3,(H,24,25)(H,26,27)/b13-7+,14-8+. The van der Waals surface area contributed by atoms with E-state index in [1.807, 2.05) is 19.1 Å². The summed E-state index contributed by atoms with van der Waals surface area (Å²) < 4.78 is 0. The molecule has 0 saturated heterocycles. The van der Waals surface area contributed by atoms with Crippen LogP contribution in [0.5, 0.6) is 0 Å². The molecule has 0 radical (unpaired) electrons. The van der Waals surface area contributed by atoms with Crippen molar-refractivity contribution < 1.29 is 14.7 Å². The minimum Gasteiger partial charge on any atom is -0.478 e. The lowest BCUT2D eigenvalue weighted by molar-refractivity contribution is -0.120. The van der Waals surface area contributed by atoms with E-state index in [-0.39, 0.29) is 17.4 Å². The Balaban J connectivity index is 1.81. The molecule has 3 rings (SSSR count). The number of rotatable bonds is 5. The van der Waals surface area contributed by atoms with Gasteiger partial charge in [0.1, 0.15) is 10.6 Å². The van der Waals surface area contributed by atoms with E-state index in [9.17, 15) is 14.7 Å². The van der Waals surface area contributed by atoms with Crippen LogP contribution in [0, 0.1) is 5.92 Å². The monoisotopic (exact) mass is 415 g/mol. The number of nitrogens with one attached hydrogen (secondary N) is 1. The second kappa shape index (κ2) is 8.76. The van der Waals surface area contributed by atoms with Gasteiger partial charge in [0.15, 0.2) is 0 Å². The van der Waals surface area contributed by atoms with Crippen LogP contribution in [0.3, 0.4) is 0 Å². The van der Waals surface area contributed by atoms with Gasteiger partial charge in [0.2, 0.25) is 5.91 Å². The number of aryl methyl sites for hydroxylation is 1. The first-order chi connectivity index (χ1) is 13.4. The van der Waals surface area contributed by atoms with E-state index in [1.165, 1.54) is 22.5 Å². The zero-order valence-electron chi connectivity index (χ0n) is 15.8. The number of carbonyl (C=O) groups excluding carboxylic acids is 1. The van der Waals surface area contributed by atoms with Gasteiger partial charge in [-0.1, -0.05) is 41.9 Å². The molecule has 1 heterocycles. The molecular formula is C22H22ClNO3S. The molecule has 1 unspecified atom stereocenters. The first-order valence-electron chi connectivity index (χ1n) is 9.10. The number of halogens is 1. The highest BCUT2D eigenvalue weighted by Crippen LogP contribution is 2.34. The van der Waals surface area contributed by atoms with Crippen LogP contribution in [0.2, 0.25) is 0 Å². The van der Waals surface area contributed by atoms with Gasteiger partial charge < -0.3 is 10.4 Å². The average molecular weight is 416 g/mol. The van der Waals surface area contributed by atoms with Gasteiger partial charge in [-0.05, 0) is 55.9 Å². The zero-order valence-corrected chi connectivity index (χ0v) is 17.4. The van der Waals surface area contributed by atoms with Crippen LogP contribution in [0.4, 0.5) is 5.00 Å². The normalized spacial score (nSPS) is 17.2. The highest BCUT2D eigenvalue weighted by Gasteiger charge is 2.27. The van der Waals surface area contributed by atoms with E-state index in [4.69, 9.17) is 11.6 Å². The highest BCUT2D eigenvalue weighted by atomic mass is 35.5. The number of hydrogen-bond acceptors (Lipinski definition) is 3. The van der Waals surface area contributed by atoms with Crippen molar-refractivity contribution in [1.29, 1.82) is 0 Å². The summed E-state index contributed by atoms with van der Waals surface area (Å²) in [6, 6.07) is 8.16. The van der Waals surface area contributed by atoms with E-state index in [0.717, 1.165) is 18.4 Å². The third kappa shape index (κ3) is 4.54. The molecule has 0 aliphatic heterocycles. The summed E-state index contributed by atoms with van der Waals surface area (Å²) in [6.45, 7) is 3.58. The van der Waals surface area contributed by atoms with Crippen molar-refractivity contribution in [1.82, 2.24) is 0 Å². The van der Waals surface area contributed by atoms with Gasteiger partial charge >= 0.3 is 5.97 Å². The van der Waals surface area contributed by atoms with Crippen LogP contribution in [-0.2, 0) is 17.6 Å². The van der Waals surface area contributed by atoms with Gasteiger partial charge in [0.05, 0.1) is 0 Å². The lowest BCUT2D eigenvalue weighted by atomic mass is 9.83. The molecule has 6 heteroatoms. The lowest BCUT2D eigenvalue weighted by Gasteiger charge is -2.23. The largest absolute Gasteiger partial charge is 0.478 e. The second-order valence-corrected chi connectivity index (χ2v) is 8.44. The molecule has 1 aliphatic rings. The maximum Gasteiger partial charge on any atom is 0.339 e. The van der Waals surface area contributed by atoms with Gasteiger partial charge in [-0.2, -0.15) is 0 Å². The number of amides is 1. The van der Waals surface area contributed by atoms with Crippen LogP contribution in [-0.4, -0.2) is 17.0 Å². The fourth-order valence-corrected chi connectivity index (χ4v) is 4.49. The number of carbonyl (C=O) groups is 2. The number of thiophene rings is 1. The molecule has 0 fully saturated rings. The summed E-state index contributed by atoms with van der Waals surface area (Å²) in [7, 11) is 0. The first kappa shape index (κ1) is 20.4.